The molecule has 0 saturated heterocycles. The number of halogens is 2. The van der Waals surface area contributed by atoms with Crippen molar-refractivity contribution in [2.45, 2.75) is 13.1 Å². The van der Waals surface area contributed by atoms with Gasteiger partial charge in [0.15, 0.2) is 0 Å². The monoisotopic (exact) mass is 338 g/mol. The first-order valence-electron chi connectivity index (χ1n) is 5.68. The summed E-state index contributed by atoms with van der Waals surface area (Å²) in [5, 5.41) is 10.9. The minimum atomic E-state index is -0.266. The highest BCUT2D eigenvalue weighted by Crippen LogP contribution is 2.21. The molecule has 2 aromatic rings. The summed E-state index contributed by atoms with van der Waals surface area (Å²) in [4.78, 5) is 3.24. The Morgan fingerprint density at radius 1 is 1.37 bits per heavy atom. The molecule has 0 atom stereocenters. The SMILES string of the molecule is CN(Cc1cc(Br)cs1)Cc1cc(C#N)ccc1F. The number of rotatable bonds is 4. The van der Waals surface area contributed by atoms with Crippen LogP contribution in [0.5, 0.6) is 0 Å². The smallest absolute Gasteiger partial charge is 0.127 e. The van der Waals surface area contributed by atoms with Crippen LogP contribution in [0.2, 0.25) is 0 Å². The van der Waals surface area contributed by atoms with Crippen LogP contribution >= 0.6 is 27.3 Å². The van der Waals surface area contributed by atoms with Gasteiger partial charge >= 0.3 is 0 Å². The van der Waals surface area contributed by atoms with E-state index < -0.39 is 0 Å². The molecule has 0 N–H and O–H groups in total. The van der Waals surface area contributed by atoms with E-state index in [9.17, 15) is 4.39 Å². The molecule has 0 aliphatic carbocycles. The molecule has 0 spiro atoms. The van der Waals surface area contributed by atoms with Crippen LogP contribution in [0.25, 0.3) is 0 Å². The van der Waals surface area contributed by atoms with Gasteiger partial charge in [0.05, 0.1) is 11.6 Å². The van der Waals surface area contributed by atoms with Crippen molar-refractivity contribution in [3.8, 4) is 6.07 Å². The summed E-state index contributed by atoms with van der Waals surface area (Å²) in [5.74, 6) is -0.266. The Kier molecular flexibility index (Phi) is 4.70. The molecule has 1 heterocycles. The third kappa shape index (κ3) is 3.87. The molecule has 0 radical (unpaired) electrons. The summed E-state index contributed by atoms with van der Waals surface area (Å²) in [6.45, 7) is 1.24. The van der Waals surface area contributed by atoms with Gasteiger partial charge in [-0.05, 0) is 47.2 Å². The van der Waals surface area contributed by atoms with Gasteiger partial charge in [-0.2, -0.15) is 5.26 Å². The maximum atomic E-state index is 13.7. The van der Waals surface area contributed by atoms with Gasteiger partial charge in [0.1, 0.15) is 5.82 Å². The van der Waals surface area contributed by atoms with Crippen LogP contribution in [0.4, 0.5) is 4.39 Å². The lowest BCUT2D eigenvalue weighted by atomic mass is 10.1. The molecule has 98 valence electrons. The van der Waals surface area contributed by atoms with Crippen LogP contribution in [0.3, 0.4) is 0 Å². The maximum Gasteiger partial charge on any atom is 0.127 e. The van der Waals surface area contributed by atoms with Crippen molar-refractivity contribution in [1.29, 1.82) is 5.26 Å². The van der Waals surface area contributed by atoms with Gasteiger partial charge < -0.3 is 0 Å². The fourth-order valence-corrected chi connectivity index (χ4v) is 3.35. The molecule has 2 rings (SSSR count). The number of nitriles is 1. The zero-order valence-electron chi connectivity index (χ0n) is 10.4. The standard InChI is InChI=1S/C14H12BrFN2S/c1-18(8-13-5-12(15)9-19-13)7-11-4-10(6-17)2-3-14(11)16/h2-5,9H,7-8H2,1H3. The predicted molar refractivity (Wildman–Crippen MR) is 78.3 cm³/mol. The van der Waals surface area contributed by atoms with E-state index in [-0.39, 0.29) is 5.82 Å². The van der Waals surface area contributed by atoms with Gasteiger partial charge in [0, 0.05) is 33.4 Å². The third-order valence-corrected chi connectivity index (χ3v) is 4.34. The molecule has 0 amide bonds. The van der Waals surface area contributed by atoms with E-state index in [0.29, 0.717) is 17.7 Å². The molecule has 5 heteroatoms. The van der Waals surface area contributed by atoms with Gasteiger partial charge in [0.25, 0.3) is 0 Å². The normalized spacial score (nSPS) is 10.7. The van der Waals surface area contributed by atoms with E-state index in [4.69, 9.17) is 5.26 Å². The molecule has 0 aliphatic rings. The second-order valence-corrected chi connectivity index (χ2v) is 6.23. The van der Waals surface area contributed by atoms with E-state index >= 15 is 0 Å². The van der Waals surface area contributed by atoms with Crippen LogP contribution in [0.1, 0.15) is 16.0 Å². The van der Waals surface area contributed by atoms with E-state index in [2.05, 4.69) is 22.0 Å². The lowest BCUT2D eigenvalue weighted by Crippen LogP contribution is -2.17. The summed E-state index contributed by atoms with van der Waals surface area (Å²) in [6.07, 6.45) is 0. The van der Waals surface area contributed by atoms with E-state index in [0.717, 1.165) is 11.0 Å². The van der Waals surface area contributed by atoms with Crippen LogP contribution in [0.15, 0.2) is 34.1 Å². The van der Waals surface area contributed by atoms with Crippen molar-refractivity contribution >= 4 is 27.3 Å². The average Bonchev–Trinajstić information content (AvgIpc) is 2.77. The molecule has 1 aromatic carbocycles. The first-order chi connectivity index (χ1) is 9.08. The van der Waals surface area contributed by atoms with E-state index in [1.165, 1.54) is 17.0 Å². The average molecular weight is 339 g/mol. The molecular formula is C14H12BrFN2S. The van der Waals surface area contributed by atoms with Crippen LogP contribution in [-0.2, 0) is 13.1 Å². The number of hydrogen-bond donors (Lipinski definition) is 0. The molecule has 19 heavy (non-hydrogen) atoms. The first kappa shape index (κ1) is 14.2. The highest BCUT2D eigenvalue weighted by atomic mass is 79.9. The third-order valence-electron chi connectivity index (χ3n) is 2.66. The Hall–Kier alpha value is -1.22. The molecule has 0 saturated carbocycles. The van der Waals surface area contributed by atoms with Gasteiger partial charge in [-0.15, -0.1) is 11.3 Å². The predicted octanol–water partition coefficient (Wildman–Crippen LogP) is 4.15. The molecule has 2 nitrogen and oxygen atoms in total. The number of hydrogen-bond acceptors (Lipinski definition) is 3. The second kappa shape index (κ2) is 6.29. The number of thiophene rings is 1. The Bertz CT molecular complexity index is 618. The quantitative estimate of drug-likeness (QED) is 0.837. The van der Waals surface area contributed by atoms with Crippen molar-refractivity contribution < 1.29 is 4.39 Å². The van der Waals surface area contributed by atoms with Gasteiger partial charge in [0.2, 0.25) is 0 Å². The zero-order valence-corrected chi connectivity index (χ0v) is 12.8. The number of nitrogens with zero attached hydrogens (tertiary/aromatic N) is 2. The van der Waals surface area contributed by atoms with Crippen molar-refractivity contribution in [2.24, 2.45) is 0 Å². The van der Waals surface area contributed by atoms with Crippen molar-refractivity contribution in [2.75, 3.05) is 7.05 Å². The Balaban J connectivity index is 2.06. The Morgan fingerprint density at radius 3 is 2.79 bits per heavy atom. The lowest BCUT2D eigenvalue weighted by Gasteiger charge is -2.16. The minimum absolute atomic E-state index is 0.266. The molecular weight excluding hydrogens is 327 g/mol. The highest BCUT2D eigenvalue weighted by Gasteiger charge is 2.08. The summed E-state index contributed by atoms with van der Waals surface area (Å²) in [7, 11) is 1.94. The van der Waals surface area contributed by atoms with E-state index in [1.807, 2.05) is 23.4 Å². The fraction of sp³-hybridized carbons (Fsp3) is 0.214. The van der Waals surface area contributed by atoms with Gasteiger partial charge in [-0.3, -0.25) is 4.90 Å². The molecule has 0 unspecified atom stereocenters. The molecule has 0 aliphatic heterocycles. The molecule has 0 bridgehead atoms. The summed E-state index contributed by atoms with van der Waals surface area (Å²) in [5.41, 5.74) is 1.04. The van der Waals surface area contributed by atoms with Gasteiger partial charge in [-0.1, -0.05) is 0 Å². The summed E-state index contributed by atoms with van der Waals surface area (Å²) >= 11 is 5.08. The topological polar surface area (TPSA) is 27.0 Å². The van der Waals surface area contributed by atoms with E-state index in [1.54, 1.807) is 17.4 Å². The highest BCUT2D eigenvalue weighted by molar-refractivity contribution is 9.10. The largest absolute Gasteiger partial charge is 0.297 e. The molecule has 0 fully saturated rings. The zero-order chi connectivity index (χ0) is 13.8. The fourth-order valence-electron chi connectivity index (χ4n) is 1.81. The summed E-state index contributed by atoms with van der Waals surface area (Å²) < 4.78 is 14.7. The number of benzene rings is 1. The summed E-state index contributed by atoms with van der Waals surface area (Å²) in [6, 6.07) is 8.54. The first-order valence-corrected chi connectivity index (χ1v) is 7.35. The van der Waals surface area contributed by atoms with Crippen molar-refractivity contribution in [3.05, 3.63) is 55.9 Å². The second-order valence-electron chi connectivity index (χ2n) is 4.32. The van der Waals surface area contributed by atoms with Crippen LogP contribution in [-0.4, -0.2) is 11.9 Å². The maximum absolute atomic E-state index is 13.7. The van der Waals surface area contributed by atoms with Gasteiger partial charge in [-0.25, -0.2) is 4.39 Å². The van der Waals surface area contributed by atoms with Crippen LogP contribution in [0, 0.1) is 17.1 Å². The van der Waals surface area contributed by atoms with Crippen molar-refractivity contribution in [1.82, 2.24) is 4.90 Å². The van der Waals surface area contributed by atoms with Crippen LogP contribution < -0.4 is 0 Å². The Labute approximate surface area is 124 Å². The Morgan fingerprint density at radius 2 is 2.16 bits per heavy atom. The lowest BCUT2D eigenvalue weighted by molar-refractivity contribution is 0.316. The molecule has 1 aromatic heterocycles. The van der Waals surface area contributed by atoms with Crippen molar-refractivity contribution in [3.63, 3.8) is 0 Å². The minimum Gasteiger partial charge on any atom is -0.297 e.